The Morgan fingerprint density at radius 3 is 2.64 bits per heavy atom. The molecule has 0 radical (unpaired) electrons. The van der Waals surface area contributed by atoms with Crippen molar-refractivity contribution in [3.05, 3.63) is 35.9 Å². The van der Waals surface area contributed by atoms with Gasteiger partial charge >= 0.3 is 5.97 Å². The fourth-order valence-electron chi connectivity index (χ4n) is 1.16. The van der Waals surface area contributed by atoms with E-state index in [0.717, 1.165) is 5.56 Å². The third-order valence-electron chi connectivity index (χ3n) is 1.83. The van der Waals surface area contributed by atoms with E-state index in [0.29, 0.717) is 13.0 Å². The first-order valence-electron chi connectivity index (χ1n) is 4.62. The average molecular weight is 210 g/mol. The van der Waals surface area contributed by atoms with E-state index in [1.54, 1.807) is 6.92 Å². The molecule has 0 saturated carbocycles. The molecule has 0 aliphatic rings. The highest BCUT2D eigenvalue weighted by Gasteiger charge is 2.14. The van der Waals surface area contributed by atoms with Gasteiger partial charge in [-0.3, -0.25) is 4.79 Å². The third-order valence-corrected chi connectivity index (χ3v) is 2.22. The van der Waals surface area contributed by atoms with Crippen LogP contribution < -0.4 is 0 Å². The molecular formula is C11H14O2S. The molecule has 0 aliphatic carbocycles. The Bertz CT molecular complexity index is 285. The molecule has 1 aromatic rings. The van der Waals surface area contributed by atoms with E-state index in [1.165, 1.54) is 0 Å². The standard InChI is InChI=1S/C11H14O2S/c1-2-13-11(12)10(14)8-9-6-4-3-5-7-9/h3-7,10,14H,2,8H2,1H3. The monoisotopic (exact) mass is 210 g/mol. The Kier molecular flexibility index (Phi) is 4.53. The van der Waals surface area contributed by atoms with Crippen molar-refractivity contribution in [3.8, 4) is 0 Å². The third kappa shape index (κ3) is 3.42. The number of carbonyl (C=O) groups excluding carboxylic acids is 1. The minimum absolute atomic E-state index is 0.250. The molecule has 76 valence electrons. The maximum atomic E-state index is 11.2. The number of ether oxygens (including phenoxy) is 1. The first-order chi connectivity index (χ1) is 6.74. The molecule has 0 aliphatic heterocycles. The zero-order valence-electron chi connectivity index (χ0n) is 8.14. The summed E-state index contributed by atoms with van der Waals surface area (Å²) < 4.78 is 4.86. The Morgan fingerprint density at radius 2 is 2.07 bits per heavy atom. The largest absolute Gasteiger partial charge is 0.465 e. The zero-order valence-corrected chi connectivity index (χ0v) is 9.04. The van der Waals surface area contributed by atoms with Crippen LogP contribution in [0.4, 0.5) is 0 Å². The lowest BCUT2D eigenvalue weighted by molar-refractivity contribution is -0.142. The lowest BCUT2D eigenvalue weighted by Gasteiger charge is -2.09. The SMILES string of the molecule is CCOC(=O)C(S)Cc1ccccc1. The van der Waals surface area contributed by atoms with Crippen LogP contribution in [0.5, 0.6) is 0 Å². The first-order valence-corrected chi connectivity index (χ1v) is 5.14. The lowest BCUT2D eigenvalue weighted by Crippen LogP contribution is -2.20. The van der Waals surface area contributed by atoms with Crippen molar-refractivity contribution >= 4 is 18.6 Å². The van der Waals surface area contributed by atoms with Crippen molar-refractivity contribution in [3.63, 3.8) is 0 Å². The molecule has 0 aromatic heterocycles. The summed E-state index contributed by atoms with van der Waals surface area (Å²) in [5.41, 5.74) is 1.10. The Morgan fingerprint density at radius 1 is 1.43 bits per heavy atom. The van der Waals surface area contributed by atoms with E-state index in [9.17, 15) is 4.79 Å². The summed E-state index contributed by atoms with van der Waals surface area (Å²) in [6, 6.07) is 9.79. The molecule has 0 spiro atoms. The minimum Gasteiger partial charge on any atom is -0.465 e. The van der Waals surface area contributed by atoms with Crippen LogP contribution in [-0.4, -0.2) is 17.8 Å². The van der Waals surface area contributed by atoms with Gasteiger partial charge in [0, 0.05) is 0 Å². The topological polar surface area (TPSA) is 26.3 Å². The molecule has 1 rings (SSSR count). The summed E-state index contributed by atoms with van der Waals surface area (Å²) in [7, 11) is 0. The van der Waals surface area contributed by atoms with Crippen LogP contribution in [-0.2, 0) is 16.0 Å². The Hall–Kier alpha value is -0.960. The smallest absolute Gasteiger partial charge is 0.319 e. The molecule has 0 N–H and O–H groups in total. The summed E-state index contributed by atoms with van der Waals surface area (Å²) in [6.45, 7) is 2.20. The van der Waals surface area contributed by atoms with Crippen molar-refractivity contribution in [1.29, 1.82) is 0 Å². The predicted molar refractivity (Wildman–Crippen MR) is 59.6 cm³/mol. The number of esters is 1. The van der Waals surface area contributed by atoms with Crippen LogP contribution in [0.1, 0.15) is 12.5 Å². The second kappa shape index (κ2) is 5.70. The van der Waals surface area contributed by atoms with Crippen LogP contribution in [0.3, 0.4) is 0 Å². The Labute approximate surface area is 89.7 Å². The molecule has 3 heteroatoms. The normalized spacial score (nSPS) is 12.1. The summed E-state index contributed by atoms with van der Waals surface area (Å²) >= 11 is 4.20. The van der Waals surface area contributed by atoms with Gasteiger partial charge in [0.2, 0.25) is 0 Å². The van der Waals surface area contributed by atoms with Gasteiger partial charge in [-0.1, -0.05) is 30.3 Å². The maximum absolute atomic E-state index is 11.2. The summed E-state index contributed by atoms with van der Waals surface area (Å²) in [4.78, 5) is 11.2. The van der Waals surface area contributed by atoms with E-state index in [2.05, 4.69) is 12.6 Å². The van der Waals surface area contributed by atoms with Gasteiger partial charge < -0.3 is 4.74 Å². The van der Waals surface area contributed by atoms with E-state index in [4.69, 9.17) is 4.74 Å². The van der Waals surface area contributed by atoms with E-state index < -0.39 is 0 Å². The van der Waals surface area contributed by atoms with Gasteiger partial charge in [0.1, 0.15) is 5.25 Å². The number of hydrogen-bond donors (Lipinski definition) is 1. The zero-order chi connectivity index (χ0) is 10.4. The molecule has 0 heterocycles. The van der Waals surface area contributed by atoms with E-state index >= 15 is 0 Å². The van der Waals surface area contributed by atoms with Crippen LogP contribution in [0.2, 0.25) is 0 Å². The lowest BCUT2D eigenvalue weighted by atomic mass is 10.1. The van der Waals surface area contributed by atoms with Crippen LogP contribution in [0, 0.1) is 0 Å². The molecule has 0 bridgehead atoms. The number of benzene rings is 1. The van der Waals surface area contributed by atoms with Crippen LogP contribution in [0.25, 0.3) is 0 Å². The number of thiol groups is 1. The fraction of sp³-hybridized carbons (Fsp3) is 0.364. The molecule has 2 nitrogen and oxygen atoms in total. The van der Waals surface area contributed by atoms with Crippen LogP contribution in [0.15, 0.2) is 30.3 Å². The molecule has 1 aromatic carbocycles. The summed E-state index contributed by atoms with van der Waals surface area (Å²) in [5.74, 6) is -0.250. The molecule has 14 heavy (non-hydrogen) atoms. The number of hydrogen-bond acceptors (Lipinski definition) is 3. The van der Waals surface area contributed by atoms with Gasteiger partial charge in [0.05, 0.1) is 6.61 Å². The fourth-order valence-corrected chi connectivity index (χ4v) is 1.44. The highest BCUT2D eigenvalue weighted by molar-refractivity contribution is 7.81. The number of carbonyl (C=O) groups is 1. The van der Waals surface area contributed by atoms with Gasteiger partial charge in [-0.25, -0.2) is 0 Å². The molecule has 0 fully saturated rings. The maximum Gasteiger partial charge on any atom is 0.319 e. The van der Waals surface area contributed by atoms with Crippen molar-refractivity contribution in [2.45, 2.75) is 18.6 Å². The molecule has 1 atom stereocenters. The van der Waals surface area contributed by atoms with Crippen molar-refractivity contribution < 1.29 is 9.53 Å². The van der Waals surface area contributed by atoms with Gasteiger partial charge in [0.25, 0.3) is 0 Å². The average Bonchev–Trinajstić information content (AvgIpc) is 2.19. The molecular weight excluding hydrogens is 196 g/mol. The highest BCUT2D eigenvalue weighted by Crippen LogP contribution is 2.08. The van der Waals surface area contributed by atoms with Crippen molar-refractivity contribution in [2.24, 2.45) is 0 Å². The molecule has 0 saturated heterocycles. The summed E-state index contributed by atoms with van der Waals surface area (Å²) in [6.07, 6.45) is 0.614. The quantitative estimate of drug-likeness (QED) is 0.608. The highest BCUT2D eigenvalue weighted by atomic mass is 32.1. The van der Waals surface area contributed by atoms with Crippen LogP contribution >= 0.6 is 12.6 Å². The van der Waals surface area contributed by atoms with E-state index in [1.807, 2.05) is 30.3 Å². The second-order valence-electron chi connectivity index (χ2n) is 2.96. The van der Waals surface area contributed by atoms with Gasteiger partial charge in [0.15, 0.2) is 0 Å². The van der Waals surface area contributed by atoms with Crippen molar-refractivity contribution in [2.75, 3.05) is 6.61 Å². The predicted octanol–water partition coefficient (Wildman–Crippen LogP) is 2.09. The summed E-state index contributed by atoms with van der Waals surface area (Å²) in [5, 5.41) is -0.364. The first kappa shape index (κ1) is 11.1. The number of rotatable bonds is 4. The molecule has 1 unspecified atom stereocenters. The van der Waals surface area contributed by atoms with E-state index in [-0.39, 0.29) is 11.2 Å². The molecule has 0 amide bonds. The van der Waals surface area contributed by atoms with Gasteiger partial charge in [-0.05, 0) is 18.9 Å². The minimum atomic E-state index is -0.364. The second-order valence-corrected chi connectivity index (χ2v) is 3.58. The Balaban J connectivity index is 2.49. The van der Waals surface area contributed by atoms with Crippen molar-refractivity contribution in [1.82, 2.24) is 0 Å². The van der Waals surface area contributed by atoms with Gasteiger partial charge in [-0.2, -0.15) is 12.6 Å². The van der Waals surface area contributed by atoms with Gasteiger partial charge in [-0.15, -0.1) is 0 Å².